The maximum atomic E-state index is 4.53. The van der Waals surface area contributed by atoms with E-state index in [1.807, 2.05) is 23.7 Å². The lowest BCUT2D eigenvalue weighted by Crippen LogP contribution is -2.45. The van der Waals surface area contributed by atoms with Crippen molar-refractivity contribution in [2.24, 2.45) is 0 Å². The molecule has 0 saturated carbocycles. The lowest BCUT2D eigenvalue weighted by Gasteiger charge is -2.32. The molecule has 124 valence electrons. The summed E-state index contributed by atoms with van der Waals surface area (Å²) in [5.41, 5.74) is 1.14. The molecule has 1 aliphatic rings. The first-order valence-corrected chi connectivity index (χ1v) is 9.09. The van der Waals surface area contributed by atoms with Crippen molar-refractivity contribution in [2.75, 3.05) is 44.7 Å². The number of aromatic nitrogens is 2. The second kappa shape index (κ2) is 7.86. The van der Waals surface area contributed by atoms with Gasteiger partial charge in [0.05, 0.1) is 0 Å². The van der Waals surface area contributed by atoms with Crippen molar-refractivity contribution in [3.8, 4) is 0 Å². The molecule has 0 aromatic carbocycles. The summed E-state index contributed by atoms with van der Waals surface area (Å²) in [5.74, 6) is 1.40. The van der Waals surface area contributed by atoms with Gasteiger partial charge in [0.15, 0.2) is 0 Å². The molecule has 23 heavy (non-hydrogen) atoms. The largest absolute Gasteiger partial charge is 0.338 e. The number of hydrogen-bond acceptors (Lipinski definition) is 6. The van der Waals surface area contributed by atoms with Crippen LogP contribution in [0.3, 0.4) is 0 Å². The summed E-state index contributed by atoms with van der Waals surface area (Å²) in [5, 5.41) is 5.64. The van der Waals surface area contributed by atoms with Gasteiger partial charge in [-0.25, -0.2) is 9.97 Å². The zero-order valence-corrected chi connectivity index (χ0v) is 14.7. The van der Waals surface area contributed by atoms with Crippen molar-refractivity contribution < 1.29 is 0 Å². The Kier molecular flexibility index (Phi) is 5.59. The van der Waals surface area contributed by atoms with Crippen LogP contribution >= 0.6 is 11.3 Å². The van der Waals surface area contributed by atoms with E-state index in [1.165, 1.54) is 4.88 Å². The van der Waals surface area contributed by atoms with E-state index in [0.29, 0.717) is 5.92 Å². The number of thiophene rings is 1. The van der Waals surface area contributed by atoms with Gasteiger partial charge in [-0.2, -0.15) is 0 Å². The molecule has 0 radical (unpaired) electrons. The minimum absolute atomic E-state index is 0.542. The summed E-state index contributed by atoms with van der Waals surface area (Å²) in [6, 6.07) is 4.31. The SMILES string of the molecule is C[C@H](CNCc1cnc(N2CCN(C)CC2)nc1)c1cccs1. The van der Waals surface area contributed by atoms with Crippen LogP contribution in [0.15, 0.2) is 29.9 Å². The first-order valence-electron chi connectivity index (χ1n) is 8.21. The highest BCUT2D eigenvalue weighted by atomic mass is 32.1. The molecule has 3 heterocycles. The zero-order chi connectivity index (χ0) is 16.1. The van der Waals surface area contributed by atoms with E-state index in [-0.39, 0.29) is 0 Å². The van der Waals surface area contributed by atoms with Gasteiger partial charge in [0.25, 0.3) is 0 Å². The number of rotatable bonds is 6. The van der Waals surface area contributed by atoms with Crippen LogP contribution in [0.5, 0.6) is 0 Å². The first kappa shape index (κ1) is 16.4. The summed E-state index contributed by atoms with van der Waals surface area (Å²) in [4.78, 5) is 15.1. The average Bonchev–Trinajstić information content (AvgIpc) is 3.11. The summed E-state index contributed by atoms with van der Waals surface area (Å²) >= 11 is 1.82. The third kappa shape index (κ3) is 4.50. The molecule has 1 N–H and O–H groups in total. The van der Waals surface area contributed by atoms with Crippen molar-refractivity contribution in [3.63, 3.8) is 0 Å². The molecule has 2 aromatic heterocycles. The van der Waals surface area contributed by atoms with Crippen LogP contribution in [-0.4, -0.2) is 54.6 Å². The normalized spacial score (nSPS) is 17.4. The van der Waals surface area contributed by atoms with Crippen LogP contribution < -0.4 is 10.2 Å². The molecule has 1 fully saturated rings. The Morgan fingerprint density at radius 3 is 2.61 bits per heavy atom. The van der Waals surface area contributed by atoms with E-state index in [4.69, 9.17) is 0 Å². The predicted molar refractivity (Wildman–Crippen MR) is 96.2 cm³/mol. The Bertz CT molecular complexity index is 576. The van der Waals surface area contributed by atoms with Crippen molar-refractivity contribution in [1.82, 2.24) is 20.2 Å². The van der Waals surface area contributed by atoms with Gasteiger partial charge >= 0.3 is 0 Å². The molecule has 3 rings (SSSR count). The van der Waals surface area contributed by atoms with E-state index in [9.17, 15) is 0 Å². The van der Waals surface area contributed by atoms with Gasteiger partial charge in [0.2, 0.25) is 5.95 Å². The molecule has 0 bridgehead atoms. The number of nitrogens with zero attached hydrogens (tertiary/aromatic N) is 4. The molecule has 0 amide bonds. The van der Waals surface area contributed by atoms with Crippen molar-refractivity contribution in [2.45, 2.75) is 19.4 Å². The van der Waals surface area contributed by atoms with E-state index < -0.39 is 0 Å². The van der Waals surface area contributed by atoms with E-state index in [0.717, 1.165) is 50.8 Å². The van der Waals surface area contributed by atoms with Gasteiger partial charge in [-0.05, 0) is 18.5 Å². The number of likely N-dealkylation sites (N-methyl/N-ethyl adjacent to an activating group) is 1. The fourth-order valence-electron chi connectivity index (χ4n) is 2.71. The van der Waals surface area contributed by atoms with Gasteiger partial charge in [0.1, 0.15) is 0 Å². The number of hydrogen-bond donors (Lipinski definition) is 1. The molecule has 5 nitrogen and oxygen atoms in total. The fraction of sp³-hybridized carbons (Fsp3) is 0.529. The smallest absolute Gasteiger partial charge is 0.225 e. The van der Waals surface area contributed by atoms with Crippen LogP contribution in [0.4, 0.5) is 5.95 Å². The van der Waals surface area contributed by atoms with Gasteiger partial charge < -0.3 is 15.1 Å². The highest BCUT2D eigenvalue weighted by Crippen LogP contribution is 2.19. The molecular weight excluding hydrogens is 306 g/mol. The summed E-state index contributed by atoms with van der Waals surface area (Å²) in [6.07, 6.45) is 3.90. The van der Waals surface area contributed by atoms with Gasteiger partial charge in [-0.15, -0.1) is 11.3 Å². The van der Waals surface area contributed by atoms with Crippen LogP contribution in [-0.2, 0) is 6.54 Å². The summed E-state index contributed by atoms with van der Waals surface area (Å²) < 4.78 is 0. The Balaban J connectivity index is 1.46. The maximum Gasteiger partial charge on any atom is 0.225 e. The molecule has 6 heteroatoms. The van der Waals surface area contributed by atoms with E-state index in [2.05, 4.69) is 56.6 Å². The van der Waals surface area contributed by atoms with Crippen molar-refractivity contribution in [1.29, 1.82) is 0 Å². The molecule has 1 atom stereocenters. The van der Waals surface area contributed by atoms with Gasteiger partial charge in [-0.3, -0.25) is 0 Å². The zero-order valence-electron chi connectivity index (χ0n) is 13.9. The number of nitrogens with one attached hydrogen (secondary N) is 1. The molecule has 2 aromatic rings. The van der Waals surface area contributed by atoms with E-state index >= 15 is 0 Å². The Morgan fingerprint density at radius 1 is 1.22 bits per heavy atom. The van der Waals surface area contributed by atoms with Crippen molar-refractivity contribution in [3.05, 3.63) is 40.3 Å². The number of piperazine rings is 1. The lowest BCUT2D eigenvalue weighted by molar-refractivity contribution is 0.311. The molecule has 1 saturated heterocycles. The molecular formula is C17H25N5S. The highest BCUT2D eigenvalue weighted by Gasteiger charge is 2.16. The fourth-order valence-corrected chi connectivity index (χ4v) is 3.50. The van der Waals surface area contributed by atoms with E-state index in [1.54, 1.807) is 0 Å². The van der Waals surface area contributed by atoms with Crippen molar-refractivity contribution >= 4 is 17.3 Å². The summed E-state index contributed by atoms with van der Waals surface area (Å²) in [6.45, 7) is 8.21. The topological polar surface area (TPSA) is 44.3 Å². The monoisotopic (exact) mass is 331 g/mol. The average molecular weight is 331 g/mol. The van der Waals surface area contributed by atoms with Crippen LogP contribution in [0, 0.1) is 0 Å². The highest BCUT2D eigenvalue weighted by molar-refractivity contribution is 7.10. The minimum Gasteiger partial charge on any atom is -0.338 e. The third-order valence-corrected chi connectivity index (χ3v) is 5.39. The molecule has 0 aliphatic carbocycles. The quantitative estimate of drug-likeness (QED) is 0.879. The first-order chi connectivity index (χ1) is 11.2. The second-order valence-corrected chi connectivity index (χ2v) is 7.21. The number of anilines is 1. The maximum absolute atomic E-state index is 4.53. The Morgan fingerprint density at radius 2 is 1.96 bits per heavy atom. The summed E-state index contributed by atoms with van der Waals surface area (Å²) in [7, 11) is 2.16. The third-order valence-electron chi connectivity index (χ3n) is 4.29. The van der Waals surface area contributed by atoms with Crippen LogP contribution in [0.2, 0.25) is 0 Å². The molecule has 1 aliphatic heterocycles. The minimum atomic E-state index is 0.542. The van der Waals surface area contributed by atoms with Gasteiger partial charge in [0, 0.05) is 68.0 Å². The standard InChI is InChI=1S/C17H25N5S/c1-14(16-4-3-9-23-16)10-18-11-15-12-19-17(20-13-15)22-7-5-21(2)6-8-22/h3-4,9,12-14,18H,5-8,10-11H2,1-2H3/t14-/m1/s1. The van der Waals surface area contributed by atoms with Gasteiger partial charge in [-0.1, -0.05) is 13.0 Å². The Hall–Kier alpha value is -1.50. The lowest BCUT2D eigenvalue weighted by atomic mass is 10.1. The Labute approximate surface area is 142 Å². The second-order valence-electron chi connectivity index (χ2n) is 6.23. The molecule has 0 unspecified atom stereocenters. The predicted octanol–water partition coefficient (Wildman–Crippen LogP) is 2.18. The molecule has 0 spiro atoms. The van der Waals surface area contributed by atoms with Crippen LogP contribution in [0.1, 0.15) is 23.3 Å². The van der Waals surface area contributed by atoms with Crippen LogP contribution in [0.25, 0.3) is 0 Å².